The number of carbonyl (C=O) groups excluding carboxylic acids is 4. The number of carboxylic acid groups (broad SMARTS) is 4. The molecule has 0 saturated carbocycles. The average molecular weight is 925 g/mol. The van der Waals surface area contributed by atoms with Crippen molar-refractivity contribution in [3.05, 3.63) is 80.4 Å². The number of hydrogen-bond donors (Lipinski definition) is 12. The molecule has 65 heavy (non-hydrogen) atoms. The molecule has 0 aliphatic carbocycles. The monoisotopic (exact) mass is 924 g/mol. The molecule has 0 spiro atoms. The van der Waals surface area contributed by atoms with E-state index in [2.05, 4.69) is 61.8 Å². The molecule has 2 aliphatic rings. The van der Waals surface area contributed by atoms with E-state index in [0.29, 0.717) is 60.6 Å². The zero-order valence-electron chi connectivity index (χ0n) is 34.1. The predicted molar refractivity (Wildman–Crippen MR) is 232 cm³/mol. The van der Waals surface area contributed by atoms with Crippen LogP contribution >= 0.6 is 0 Å². The number of hydrogen-bond acceptors (Lipinski definition) is 20. The maximum Gasteiger partial charge on any atom is 2.00 e. The molecule has 27 heteroatoms. The molecular weight excluding hydrogens is 885 g/mol. The third-order valence-corrected chi connectivity index (χ3v) is 9.05. The Morgan fingerprint density at radius 3 is 1.31 bits per heavy atom. The van der Waals surface area contributed by atoms with Crippen molar-refractivity contribution in [3.63, 3.8) is 0 Å². The zero-order chi connectivity index (χ0) is 46.5. The molecule has 4 aromatic rings. The van der Waals surface area contributed by atoms with Gasteiger partial charge in [-0.3, -0.25) is 29.1 Å². The first-order valence-electron chi connectivity index (χ1n) is 19.0. The van der Waals surface area contributed by atoms with Crippen LogP contribution < -0.4 is 64.7 Å². The summed E-state index contributed by atoms with van der Waals surface area (Å²) in [6.07, 6.45) is -1.54. The van der Waals surface area contributed by atoms with Gasteiger partial charge in [0, 0.05) is 34.4 Å². The van der Waals surface area contributed by atoms with E-state index in [1.807, 2.05) is 0 Å². The Morgan fingerprint density at radius 2 is 0.985 bits per heavy atom. The molecule has 2 aliphatic heterocycles. The van der Waals surface area contributed by atoms with Crippen LogP contribution in [0.3, 0.4) is 0 Å². The Labute approximate surface area is 395 Å². The molecule has 2 atom stereocenters. The summed E-state index contributed by atoms with van der Waals surface area (Å²) in [5, 5.41) is 56.0. The Bertz CT molecular complexity index is 2440. The zero-order valence-corrected chi connectivity index (χ0v) is 36.3. The van der Waals surface area contributed by atoms with Crippen molar-refractivity contribution in [2.45, 2.75) is 37.8 Å². The number of carboxylic acids is 4. The van der Waals surface area contributed by atoms with Crippen molar-refractivity contribution in [1.82, 2.24) is 30.6 Å². The van der Waals surface area contributed by atoms with Crippen LogP contribution in [0, 0.1) is 0 Å². The number of H-pyrrole nitrogens is 2. The van der Waals surface area contributed by atoms with Gasteiger partial charge in [-0.1, -0.05) is 0 Å². The minimum Gasteiger partial charge on any atom is -0.550 e. The van der Waals surface area contributed by atoms with Gasteiger partial charge in [-0.05, 0) is 74.2 Å². The van der Waals surface area contributed by atoms with Crippen molar-refractivity contribution >= 4 is 131 Å². The van der Waals surface area contributed by atoms with Crippen LogP contribution in [-0.2, 0) is 19.2 Å². The minimum absolute atomic E-state index is 0. The molecular formula is C38H40CaN14O12. The van der Waals surface area contributed by atoms with Gasteiger partial charge in [-0.2, -0.15) is 9.97 Å². The number of benzene rings is 2. The fourth-order valence-electron chi connectivity index (χ4n) is 5.80. The molecule has 0 saturated heterocycles. The van der Waals surface area contributed by atoms with Crippen LogP contribution in [-0.4, -0.2) is 153 Å². The molecule has 2 aromatic heterocycles. The molecule has 2 amide bonds. The van der Waals surface area contributed by atoms with Gasteiger partial charge in [0.1, 0.15) is 12.1 Å². The number of anilines is 6. The van der Waals surface area contributed by atoms with Gasteiger partial charge in [-0.15, -0.1) is 0 Å². The van der Waals surface area contributed by atoms with Crippen LogP contribution in [0.4, 0.5) is 46.3 Å². The van der Waals surface area contributed by atoms with Crippen molar-refractivity contribution in [2.24, 2.45) is 9.98 Å². The molecule has 2 unspecified atom stereocenters. The summed E-state index contributed by atoms with van der Waals surface area (Å²) >= 11 is 0. The average Bonchev–Trinajstić information content (AvgIpc) is 3.25. The largest absolute Gasteiger partial charge is 2.00 e. The van der Waals surface area contributed by atoms with Gasteiger partial charge in [0.05, 0.1) is 37.6 Å². The van der Waals surface area contributed by atoms with Gasteiger partial charge in [-0.25, -0.2) is 19.6 Å². The molecule has 0 bridgehead atoms. The molecule has 336 valence electrons. The molecule has 4 heterocycles. The number of aromatic nitrogens is 4. The number of aromatic amines is 2. The molecule has 0 radical (unpaired) electrons. The van der Waals surface area contributed by atoms with E-state index in [1.165, 1.54) is 24.3 Å². The number of rotatable bonds is 18. The molecule has 0 fully saturated rings. The summed E-state index contributed by atoms with van der Waals surface area (Å²) in [5.74, 6) is -6.15. The van der Waals surface area contributed by atoms with Crippen molar-refractivity contribution in [3.8, 4) is 0 Å². The first-order chi connectivity index (χ1) is 30.4. The fourth-order valence-corrected chi connectivity index (χ4v) is 5.80. The van der Waals surface area contributed by atoms with E-state index < -0.39 is 71.7 Å². The van der Waals surface area contributed by atoms with Gasteiger partial charge in [0.25, 0.3) is 22.9 Å². The van der Waals surface area contributed by atoms with Crippen molar-refractivity contribution in [2.75, 3.05) is 58.9 Å². The van der Waals surface area contributed by atoms with E-state index in [9.17, 15) is 48.6 Å². The fraction of sp³-hybridized carbons (Fsp3) is 0.263. The smallest absolute Gasteiger partial charge is 0.550 e. The Morgan fingerprint density at radius 1 is 0.631 bits per heavy atom. The van der Waals surface area contributed by atoms with Gasteiger partial charge < -0.3 is 73.4 Å². The number of nitrogens with zero attached hydrogens (tertiary/aromatic N) is 4. The Hall–Kier alpha value is -7.58. The summed E-state index contributed by atoms with van der Waals surface area (Å²) in [6, 6.07) is 9.74. The van der Waals surface area contributed by atoms with Gasteiger partial charge in [0.15, 0.2) is 23.0 Å². The number of nitrogens with one attached hydrogen (secondary N) is 8. The van der Waals surface area contributed by atoms with E-state index >= 15 is 0 Å². The number of aliphatic carboxylic acids is 4. The van der Waals surface area contributed by atoms with Crippen LogP contribution in [0.1, 0.15) is 46.4 Å². The second-order valence-electron chi connectivity index (χ2n) is 13.8. The Kier molecular flexibility index (Phi) is 17.9. The molecule has 26 nitrogen and oxygen atoms in total. The van der Waals surface area contributed by atoms with E-state index in [4.69, 9.17) is 21.7 Å². The number of amides is 2. The van der Waals surface area contributed by atoms with Crippen LogP contribution in [0.5, 0.6) is 0 Å². The van der Waals surface area contributed by atoms with Gasteiger partial charge >= 0.3 is 49.7 Å². The number of nitrogens with two attached hydrogens (primary N) is 2. The normalized spacial score (nSPS) is 13.0. The van der Waals surface area contributed by atoms with E-state index in [-0.39, 0.29) is 85.0 Å². The van der Waals surface area contributed by atoms with Crippen molar-refractivity contribution in [1.29, 1.82) is 0 Å². The summed E-state index contributed by atoms with van der Waals surface area (Å²) in [6.45, 7) is 1.34. The summed E-state index contributed by atoms with van der Waals surface area (Å²) in [5.41, 5.74) is 13.4. The van der Waals surface area contributed by atoms with Crippen LogP contribution in [0.25, 0.3) is 0 Å². The Balaban J connectivity index is 0.000000280. The first kappa shape index (κ1) is 50.1. The van der Waals surface area contributed by atoms with E-state index in [0.717, 1.165) is 0 Å². The topological polar surface area (TPSA) is 429 Å². The van der Waals surface area contributed by atoms with Crippen LogP contribution in [0.15, 0.2) is 68.1 Å². The second kappa shape index (κ2) is 23.2. The SMILES string of the molecule is Nc1nc2c(c(=O)[nH]1)N=C(CNc1ccc(C(=O)NC(CCC(=O)[O-])C(=O)O)cc1)CN2.Nc1nc2c(c(=O)[nH]1)N=C(CNc1ccc(C(=O)NC(CCC(=O)[O-])C(=O)O)cc1)CN2.[Ca+2]. The van der Waals surface area contributed by atoms with E-state index in [1.54, 1.807) is 24.3 Å². The molecule has 14 N–H and O–H groups in total. The summed E-state index contributed by atoms with van der Waals surface area (Å²) < 4.78 is 0. The maximum atomic E-state index is 12.3. The first-order valence-corrected chi connectivity index (χ1v) is 19.0. The minimum atomic E-state index is -1.40. The predicted octanol–water partition coefficient (Wildman–Crippen LogP) is -3.03. The quantitative estimate of drug-likeness (QED) is 0.0442. The van der Waals surface area contributed by atoms with Gasteiger partial charge in [0.2, 0.25) is 11.9 Å². The molecule has 2 aromatic carbocycles. The third kappa shape index (κ3) is 14.8. The second-order valence-corrected chi connectivity index (χ2v) is 13.8. The number of fused-ring (bicyclic) bond motifs is 2. The van der Waals surface area contributed by atoms with Crippen molar-refractivity contribution < 1.29 is 49.2 Å². The standard InChI is InChI=1S/2C19H21N7O6.Ca/c2*20-19-25-15-14(17(30)26-19)23-11(8-22-15)7-21-10-3-1-9(2-4-10)16(29)24-12(18(31)32)5-6-13(27)28;/h2*1-4,12,21H,5-8H2,(H,24,29)(H,27,28)(H,31,32)(H4,20,22,25,26,30);/q;;+2/p-2. The number of aliphatic imine (C=N–C) groups is 2. The number of nitrogen functional groups attached to an aromatic ring is 2. The summed E-state index contributed by atoms with van der Waals surface area (Å²) in [4.78, 5) is 113. The summed E-state index contributed by atoms with van der Waals surface area (Å²) in [7, 11) is 0. The maximum absolute atomic E-state index is 12.3. The molecule has 6 rings (SSSR count). The number of carbonyl (C=O) groups is 6. The van der Waals surface area contributed by atoms with Crippen LogP contribution in [0.2, 0.25) is 0 Å². The third-order valence-electron chi connectivity index (χ3n) is 9.05.